The van der Waals surface area contributed by atoms with Crippen molar-refractivity contribution in [3.8, 4) is 0 Å². The lowest BCUT2D eigenvalue weighted by atomic mass is 10.3. The van der Waals surface area contributed by atoms with Gasteiger partial charge in [-0.1, -0.05) is 24.6 Å². The van der Waals surface area contributed by atoms with E-state index < -0.39 is 0 Å². The lowest BCUT2D eigenvalue weighted by molar-refractivity contribution is 0.422. The third kappa shape index (κ3) is 2.54. The largest absolute Gasteiger partial charge is 0.317 e. The van der Waals surface area contributed by atoms with Crippen LogP contribution in [0.3, 0.4) is 0 Å². The number of aromatic nitrogens is 4. The lowest BCUT2D eigenvalue weighted by Gasteiger charge is -2.13. The van der Waals surface area contributed by atoms with Crippen LogP contribution in [0.1, 0.15) is 51.0 Å². The number of rotatable bonds is 4. The molecule has 2 atom stereocenters. The summed E-state index contributed by atoms with van der Waals surface area (Å²) in [6, 6.07) is 1.22. The van der Waals surface area contributed by atoms with Gasteiger partial charge in [0, 0.05) is 11.3 Å². The maximum absolute atomic E-state index is 4.22. The van der Waals surface area contributed by atoms with E-state index in [1.807, 2.05) is 11.8 Å². The van der Waals surface area contributed by atoms with Crippen LogP contribution in [0, 0.1) is 0 Å². The Balaban J connectivity index is 1.64. The van der Waals surface area contributed by atoms with Crippen molar-refractivity contribution >= 4 is 11.8 Å². The minimum Gasteiger partial charge on any atom is -0.317 e. The first-order valence-corrected chi connectivity index (χ1v) is 7.86. The first-order valence-electron chi connectivity index (χ1n) is 6.98. The minimum atomic E-state index is 0.545. The van der Waals surface area contributed by atoms with Crippen LogP contribution >= 0.6 is 11.8 Å². The molecule has 2 aliphatic rings. The molecule has 5 nitrogen and oxygen atoms in total. The Labute approximate surface area is 112 Å². The first-order chi connectivity index (χ1) is 8.86. The van der Waals surface area contributed by atoms with Crippen molar-refractivity contribution < 1.29 is 0 Å². The zero-order chi connectivity index (χ0) is 12.4. The van der Waals surface area contributed by atoms with E-state index >= 15 is 0 Å². The van der Waals surface area contributed by atoms with Gasteiger partial charge in [-0.25, -0.2) is 4.68 Å². The second-order valence-corrected chi connectivity index (χ2v) is 6.65. The van der Waals surface area contributed by atoms with Crippen LogP contribution < -0.4 is 5.32 Å². The third-order valence-electron chi connectivity index (χ3n) is 4.20. The molecule has 0 spiro atoms. The lowest BCUT2D eigenvalue weighted by Crippen LogP contribution is -2.21. The summed E-state index contributed by atoms with van der Waals surface area (Å²) in [4.78, 5) is 0. The molecule has 1 aromatic rings. The van der Waals surface area contributed by atoms with Crippen molar-refractivity contribution in [2.45, 2.75) is 67.4 Å². The van der Waals surface area contributed by atoms with Crippen LogP contribution in [0.4, 0.5) is 0 Å². The van der Waals surface area contributed by atoms with Crippen LogP contribution in [-0.4, -0.2) is 38.5 Å². The molecule has 1 aromatic heterocycles. The summed E-state index contributed by atoms with van der Waals surface area (Å²) in [6.07, 6.45) is 8.90. The van der Waals surface area contributed by atoms with Gasteiger partial charge in [-0.2, -0.15) is 0 Å². The van der Waals surface area contributed by atoms with E-state index in [4.69, 9.17) is 0 Å². The van der Waals surface area contributed by atoms with Crippen molar-refractivity contribution in [3.63, 3.8) is 0 Å². The molecule has 0 bridgehead atoms. The van der Waals surface area contributed by atoms with E-state index in [0.717, 1.165) is 5.16 Å². The van der Waals surface area contributed by atoms with E-state index in [9.17, 15) is 0 Å². The maximum Gasteiger partial charge on any atom is 0.209 e. The van der Waals surface area contributed by atoms with Crippen molar-refractivity contribution in [1.29, 1.82) is 0 Å². The average Bonchev–Trinajstić information content (AvgIpc) is 3.09. The summed E-state index contributed by atoms with van der Waals surface area (Å²) < 4.78 is 2.07. The van der Waals surface area contributed by atoms with Crippen LogP contribution in [0.15, 0.2) is 5.16 Å². The smallest absolute Gasteiger partial charge is 0.209 e. The van der Waals surface area contributed by atoms with E-state index in [1.54, 1.807) is 0 Å². The van der Waals surface area contributed by atoms with Crippen LogP contribution in [0.25, 0.3) is 0 Å². The van der Waals surface area contributed by atoms with Crippen molar-refractivity contribution in [2.24, 2.45) is 0 Å². The summed E-state index contributed by atoms with van der Waals surface area (Å²) in [6.45, 7) is 0. The SMILES string of the molecule is CNC1CCC(Sc2nnnn2C2CCCC2)C1. The number of hydrogen-bond donors (Lipinski definition) is 1. The quantitative estimate of drug-likeness (QED) is 0.904. The molecule has 3 rings (SSSR count). The Kier molecular flexibility index (Phi) is 3.84. The topological polar surface area (TPSA) is 55.6 Å². The monoisotopic (exact) mass is 267 g/mol. The Hall–Kier alpha value is -0.620. The molecule has 0 saturated heterocycles. The molecule has 0 radical (unpaired) electrons. The summed E-state index contributed by atoms with van der Waals surface area (Å²) in [5.74, 6) is 0. The average molecular weight is 267 g/mol. The van der Waals surface area contributed by atoms with E-state index in [-0.39, 0.29) is 0 Å². The molecule has 1 N–H and O–H groups in total. The highest BCUT2D eigenvalue weighted by atomic mass is 32.2. The standard InChI is InChI=1S/C12H21N5S/c1-13-9-6-7-11(8-9)18-12-14-15-16-17(12)10-4-2-3-5-10/h9-11,13H,2-8H2,1H3. The second-order valence-electron chi connectivity index (χ2n) is 5.38. The Bertz CT molecular complexity index is 388. The zero-order valence-corrected chi connectivity index (χ0v) is 11.7. The van der Waals surface area contributed by atoms with Gasteiger partial charge < -0.3 is 5.32 Å². The Morgan fingerprint density at radius 1 is 1.22 bits per heavy atom. The number of thioether (sulfide) groups is 1. The second kappa shape index (κ2) is 5.57. The van der Waals surface area contributed by atoms with Crippen molar-refractivity contribution in [3.05, 3.63) is 0 Å². The third-order valence-corrected chi connectivity index (χ3v) is 5.44. The number of hydrogen-bond acceptors (Lipinski definition) is 5. The van der Waals surface area contributed by atoms with Gasteiger partial charge in [0.25, 0.3) is 0 Å². The van der Waals surface area contributed by atoms with Gasteiger partial charge in [-0.05, 0) is 49.6 Å². The molecule has 2 unspecified atom stereocenters. The maximum atomic E-state index is 4.22. The summed E-state index contributed by atoms with van der Waals surface area (Å²) in [7, 11) is 2.06. The molecule has 6 heteroatoms. The Morgan fingerprint density at radius 2 is 2.06 bits per heavy atom. The van der Waals surface area contributed by atoms with Crippen LogP contribution in [0.5, 0.6) is 0 Å². The molecule has 0 aromatic carbocycles. The molecule has 0 amide bonds. The Morgan fingerprint density at radius 3 is 2.78 bits per heavy atom. The fourth-order valence-corrected chi connectivity index (χ4v) is 4.36. The summed E-state index contributed by atoms with van der Waals surface area (Å²) in [5, 5.41) is 17.4. The highest BCUT2D eigenvalue weighted by molar-refractivity contribution is 7.99. The molecule has 1 heterocycles. The fourth-order valence-electron chi connectivity index (χ4n) is 3.10. The molecular formula is C12H21N5S. The van der Waals surface area contributed by atoms with Crippen molar-refractivity contribution in [1.82, 2.24) is 25.5 Å². The molecule has 100 valence electrons. The number of nitrogens with zero attached hydrogens (tertiary/aromatic N) is 4. The highest BCUT2D eigenvalue weighted by Crippen LogP contribution is 2.36. The van der Waals surface area contributed by atoms with Gasteiger partial charge in [0.15, 0.2) is 0 Å². The van der Waals surface area contributed by atoms with Crippen LogP contribution in [-0.2, 0) is 0 Å². The summed E-state index contributed by atoms with van der Waals surface area (Å²) in [5.41, 5.74) is 0. The summed E-state index contributed by atoms with van der Waals surface area (Å²) >= 11 is 1.88. The number of tetrazole rings is 1. The molecule has 0 aliphatic heterocycles. The van der Waals surface area contributed by atoms with E-state index in [0.29, 0.717) is 17.3 Å². The number of nitrogens with one attached hydrogen (secondary N) is 1. The van der Waals surface area contributed by atoms with Crippen molar-refractivity contribution in [2.75, 3.05) is 7.05 Å². The van der Waals surface area contributed by atoms with Gasteiger partial charge in [0.1, 0.15) is 0 Å². The molecule has 18 heavy (non-hydrogen) atoms. The van der Waals surface area contributed by atoms with E-state index in [2.05, 4.69) is 32.6 Å². The van der Waals surface area contributed by atoms with Gasteiger partial charge in [0.05, 0.1) is 6.04 Å². The highest BCUT2D eigenvalue weighted by Gasteiger charge is 2.28. The minimum absolute atomic E-state index is 0.545. The predicted octanol–water partition coefficient (Wildman–Crippen LogP) is 2.02. The van der Waals surface area contributed by atoms with Gasteiger partial charge in [-0.3, -0.25) is 0 Å². The van der Waals surface area contributed by atoms with Gasteiger partial charge in [-0.15, -0.1) is 5.10 Å². The fraction of sp³-hybridized carbons (Fsp3) is 0.917. The van der Waals surface area contributed by atoms with Gasteiger partial charge in [0.2, 0.25) is 5.16 Å². The van der Waals surface area contributed by atoms with Gasteiger partial charge >= 0.3 is 0 Å². The normalized spacial score (nSPS) is 29.2. The molecule has 2 saturated carbocycles. The predicted molar refractivity (Wildman–Crippen MR) is 71.7 cm³/mol. The molecule has 2 aliphatic carbocycles. The molecule has 2 fully saturated rings. The van der Waals surface area contributed by atoms with Crippen LogP contribution in [0.2, 0.25) is 0 Å². The molecular weight excluding hydrogens is 246 g/mol. The van der Waals surface area contributed by atoms with E-state index in [1.165, 1.54) is 44.9 Å². The first kappa shape index (κ1) is 12.4. The zero-order valence-electron chi connectivity index (χ0n) is 10.9.